The van der Waals surface area contributed by atoms with Crippen LogP contribution in [0.2, 0.25) is 0 Å². The number of pyridine rings is 1. The van der Waals surface area contributed by atoms with Crippen molar-refractivity contribution in [3.8, 4) is 5.75 Å². The summed E-state index contributed by atoms with van der Waals surface area (Å²) in [5.74, 6) is 0.753. The number of benzene rings is 1. The van der Waals surface area contributed by atoms with E-state index >= 15 is 0 Å². The molecule has 1 aliphatic rings. The third-order valence-electron chi connectivity index (χ3n) is 3.65. The predicted octanol–water partition coefficient (Wildman–Crippen LogP) is 2.84. The Morgan fingerprint density at radius 1 is 1.17 bits per heavy atom. The number of carbonyl (C=O) groups is 1. The van der Waals surface area contributed by atoms with Crippen LogP contribution in [0.1, 0.15) is 12.8 Å². The van der Waals surface area contributed by atoms with Crippen LogP contribution in [0, 0.1) is 5.82 Å². The molecule has 6 heteroatoms. The number of carbonyl (C=O) groups excluding carboxylic acids is 1. The smallest absolute Gasteiger partial charge is 0.262 e. The largest absolute Gasteiger partial charge is 0.484 e. The molecule has 1 aromatic carbocycles. The molecule has 23 heavy (non-hydrogen) atoms. The van der Waals surface area contributed by atoms with Crippen molar-refractivity contribution in [2.24, 2.45) is 0 Å². The van der Waals surface area contributed by atoms with Crippen molar-refractivity contribution < 1.29 is 13.9 Å². The Morgan fingerprint density at radius 2 is 1.91 bits per heavy atom. The number of nitrogens with one attached hydrogen (secondary N) is 1. The minimum absolute atomic E-state index is 0.139. The average Bonchev–Trinajstić information content (AvgIpc) is 3.09. The highest BCUT2D eigenvalue weighted by molar-refractivity contribution is 5.91. The molecule has 0 aliphatic carbocycles. The van der Waals surface area contributed by atoms with Gasteiger partial charge in [0.25, 0.3) is 5.91 Å². The summed E-state index contributed by atoms with van der Waals surface area (Å²) >= 11 is 0. The van der Waals surface area contributed by atoms with E-state index in [1.165, 1.54) is 37.1 Å². The van der Waals surface area contributed by atoms with Crippen molar-refractivity contribution in [1.29, 1.82) is 0 Å². The SMILES string of the molecule is O=C(COc1ccc(F)cc1)Nc1ccc(N2CCCC2)nc1. The maximum absolute atomic E-state index is 12.8. The first-order valence-corrected chi connectivity index (χ1v) is 7.60. The highest BCUT2D eigenvalue weighted by atomic mass is 19.1. The van der Waals surface area contributed by atoms with Gasteiger partial charge in [-0.25, -0.2) is 9.37 Å². The molecule has 120 valence electrons. The van der Waals surface area contributed by atoms with Gasteiger partial charge in [0.15, 0.2) is 6.61 Å². The molecular formula is C17H18FN3O2. The number of anilines is 2. The molecule has 0 unspecified atom stereocenters. The standard InChI is InChI=1S/C17H18FN3O2/c18-13-3-6-15(7-4-13)23-12-17(22)20-14-5-8-16(19-11-14)21-9-1-2-10-21/h3-8,11H,1-2,9-10,12H2,(H,20,22). The number of aromatic nitrogens is 1. The van der Waals surface area contributed by atoms with E-state index in [0.717, 1.165) is 18.9 Å². The zero-order chi connectivity index (χ0) is 16.1. The van der Waals surface area contributed by atoms with Crippen molar-refractivity contribution in [2.75, 3.05) is 29.9 Å². The van der Waals surface area contributed by atoms with E-state index in [-0.39, 0.29) is 18.3 Å². The third-order valence-corrected chi connectivity index (χ3v) is 3.65. The van der Waals surface area contributed by atoms with Crippen LogP contribution in [0.25, 0.3) is 0 Å². The van der Waals surface area contributed by atoms with Gasteiger partial charge in [-0.3, -0.25) is 4.79 Å². The molecule has 1 amide bonds. The van der Waals surface area contributed by atoms with Gasteiger partial charge in [-0.2, -0.15) is 0 Å². The van der Waals surface area contributed by atoms with E-state index in [0.29, 0.717) is 11.4 Å². The first kappa shape index (κ1) is 15.3. The summed E-state index contributed by atoms with van der Waals surface area (Å²) < 4.78 is 18.1. The molecule has 1 fully saturated rings. The lowest BCUT2D eigenvalue weighted by molar-refractivity contribution is -0.118. The second kappa shape index (κ2) is 7.09. The van der Waals surface area contributed by atoms with Gasteiger partial charge in [-0.15, -0.1) is 0 Å². The van der Waals surface area contributed by atoms with Gasteiger partial charge in [0.05, 0.1) is 11.9 Å². The molecule has 0 spiro atoms. The van der Waals surface area contributed by atoms with Crippen LogP contribution in [0.5, 0.6) is 5.75 Å². The maximum atomic E-state index is 12.8. The minimum Gasteiger partial charge on any atom is -0.484 e. The number of amides is 1. The lowest BCUT2D eigenvalue weighted by Gasteiger charge is -2.16. The summed E-state index contributed by atoms with van der Waals surface area (Å²) in [4.78, 5) is 18.4. The summed E-state index contributed by atoms with van der Waals surface area (Å²) in [7, 11) is 0. The second-order valence-corrected chi connectivity index (χ2v) is 5.39. The van der Waals surface area contributed by atoms with Crippen molar-refractivity contribution in [3.05, 3.63) is 48.4 Å². The topological polar surface area (TPSA) is 54.5 Å². The van der Waals surface area contributed by atoms with Crippen LogP contribution in [0.3, 0.4) is 0 Å². The molecule has 0 bridgehead atoms. The molecule has 2 heterocycles. The second-order valence-electron chi connectivity index (χ2n) is 5.39. The predicted molar refractivity (Wildman–Crippen MR) is 86.2 cm³/mol. The number of rotatable bonds is 5. The van der Waals surface area contributed by atoms with E-state index in [4.69, 9.17) is 4.74 Å². The molecule has 5 nitrogen and oxygen atoms in total. The molecule has 1 saturated heterocycles. The van der Waals surface area contributed by atoms with Crippen molar-refractivity contribution in [2.45, 2.75) is 12.8 Å². The Labute approximate surface area is 134 Å². The van der Waals surface area contributed by atoms with Crippen LogP contribution in [0.4, 0.5) is 15.9 Å². The Kier molecular flexibility index (Phi) is 4.71. The number of nitrogens with zero attached hydrogens (tertiary/aromatic N) is 2. The van der Waals surface area contributed by atoms with E-state index in [1.54, 1.807) is 6.20 Å². The van der Waals surface area contributed by atoms with Crippen LogP contribution < -0.4 is 15.0 Å². The molecule has 0 radical (unpaired) electrons. The molecule has 2 aromatic rings. The quantitative estimate of drug-likeness (QED) is 0.922. The van der Waals surface area contributed by atoms with E-state index in [1.807, 2.05) is 12.1 Å². The van der Waals surface area contributed by atoms with E-state index in [9.17, 15) is 9.18 Å². The lowest BCUT2D eigenvalue weighted by atomic mass is 10.3. The van der Waals surface area contributed by atoms with Crippen LogP contribution in [0.15, 0.2) is 42.6 Å². The van der Waals surface area contributed by atoms with Crippen LogP contribution in [-0.4, -0.2) is 30.6 Å². The number of halogens is 1. The maximum Gasteiger partial charge on any atom is 0.262 e. The Bertz CT molecular complexity index is 653. The third kappa shape index (κ3) is 4.18. The Hall–Kier alpha value is -2.63. The first-order valence-electron chi connectivity index (χ1n) is 7.60. The number of hydrogen-bond donors (Lipinski definition) is 1. The molecule has 1 aromatic heterocycles. The van der Waals surface area contributed by atoms with Gasteiger partial charge in [0.2, 0.25) is 0 Å². The molecule has 0 saturated carbocycles. The zero-order valence-electron chi connectivity index (χ0n) is 12.7. The fraction of sp³-hybridized carbons (Fsp3) is 0.294. The Balaban J connectivity index is 1.50. The van der Waals surface area contributed by atoms with Crippen molar-refractivity contribution in [1.82, 2.24) is 4.98 Å². The lowest BCUT2D eigenvalue weighted by Crippen LogP contribution is -2.21. The Morgan fingerprint density at radius 3 is 2.57 bits per heavy atom. The number of hydrogen-bond acceptors (Lipinski definition) is 4. The highest BCUT2D eigenvalue weighted by Gasteiger charge is 2.13. The summed E-state index contributed by atoms with van der Waals surface area (Å²) in [5.41, 5.74) is 0.626. The van der Waals surface area contributed by atoms with Crippen molar-refractivity contribution in [3.63, 3.8) is 0 Å². The molecular weight excluding hydrogens is 297 g/mol. The number of ether oxygens (including phenoxy) is 1. The highest BCUT2D eigenvalue weighted by Crippen LogP contribution is 2.19. The van der Waals surface area contributed by atoms with Gasteiger partial charge in [-0.1, -0.05) is 0 Å². The van der Waals surface area contributed by atoms with Gasteiger partial charge >= 0.3 is 0 Å². The van der Waals surface area contributed by atoms with E-state index in [2.05, 4.69) is 15.2 Å². The molecule has 1 N–H and O–H groups in total. The molecule has 0 atom stereocenters. The van der Waals surface area contributed by atoms with Gasteiger partial charge in [-0.05, 0) is 49.2 Å². The summed E-state index contributed by atoms with van der Waals surface area (Å²) in [5, 5.41) is 2.72. The summed E-state index contributed by atoms with van der Waals surface area (Å²) in [6, 6.07) is 9.27. The van der Waals surface area contributed by atoms with Crippen molar-refractivity contribution >= 4 is 17.4 Å². The summed E-state index contributed by atoms with van der Waals surface area (Å²) in [6.07, 6.45) is 4.03. The first-order chi connectivity index (χ1) is 11.2. The minimum atomic E-state index is -0.342. The average molecular weight is 315 g/mol. The summed E-state index contributed by atoms with van der Waals surface area (Å²) in [6.45, 7) is 1.92. The van der Waals surface area contributed by atoms with Crippen LogP contribution in [-0.2, 0) is 4.79 Å². The normalized spacial score (nSPS) is 13.9. The van der Waals surface area contributed by atoms with Crippen LogP contribution >= 0.6 is 0 Å². The monoisotopic (exact) mass is 315 g/mol. The van der Waals surface area contributed by atoms with Gasteiger partial charge in [0.1, 0.15) is 17.4 Å². The zero-order valence-corrected chi connectivity index (χ0v) is 12.7. The van der Waals surface area contributed by atoms with Gasteiger partial charge in [0, 0.05) is 13.1 Å². The fourth-order valence-electron chi connectivity index (χ4n) is 2.47. The molecule has 1 aliphatic heterocycles. The van der Waals surface area contributed by atoms with E-state index < -0.39 is 0 Å². The molecule has 3 rings (SSSR count). The van der Waals surface area contributed by atoms with Gasteiger partial charge < -0.3 is 15.0 Å². The fourth-order valence-corrected chi connectivity index (χ4v) is 2.47.